The lowest BCUT2D eigenvalue weighted by molar-refractivity contribution is -0.168. The summed E-state index contributed by atoms with van der Waals surface area (Å²) in [6.07, 6.45) is 0.733. The molecule has 0 aliphatic carbocycles. The lowest BCUT2D eigenvalue weighted by atomic mass is 9.84. The van der Waals surface area contributed by atoms with E-state index in [1.54, 1.807) is 0 Å². The topological polar surface area (TPSA) is 48.0 Å². The fourth-order valence-corrected chi connectivity index (χ4v) is 4.73. The Morgan fingerprint density at radius 3 is 2.27 bits per heavy atom. The highest BCUT2D eigenvalue weighted by Gasteiger charge is 2.59. The number of ether oxygens (including phenoxy) is 3. The summed E-state index contributed by atoms with van der Waals surface area (Å²) in [5.74, 6) is 0.0898. The molecule has 0 saturated carbocycles. The maximum absolute atomic E-state index is 13.0. The van der Waals surface area contributed by atoms with Crippen LogP contribution in [-0.2, 0) is 32.2 Å². The highest BCUT2D eigenvalue weighted by molar-refractivity contribution is 5.87. The summed E-state index contributed by atoms with van der Waals surface area (Å²) in [6, 6.07) is 20.4. The first-order valence-corrected chi connectivity index (χ1v) is 10.9. The summed E-state index contributed by atoms with van der Waals surface area (Å²) in [7, 11) is 0. The van der Waals surface area contributed by atoms with Gasteiger partial charge in [0.1, 0.15) is 0 Å². The van der Waals surface area contributed by atoms with E-state index in [1.807, 2.05) is 55.1 Å². The lowest BCUT2D eigenvalue weighted by Crippen LogP contribution is -2.64. The van der Waals surface area contributed by atoms with Gasteiger partial charge < -0.3 is 19.1 Å². The van der Waals surface area contributed by atoms with Gasteiger partial charge >= 0.3 is 0 Å². The summed E-state index contributed by atoms with van der Waals surface area (Å²) in [5, 5.41) is 0. The van der Waals surface area contributed by atoms with E-state index in [1.165, 1.54) is 0 Å². The summed E-state index contributed by atoms with van der Waals surface area (Å²) < 4.78 is 18.1. The van der Waals surface area contributed by atoms with Gasteiger partial charge in [-0.15, -0.1) is 0 Å². The molecular weight excluding hydrogens is 378 g/mol. The maximum atomic E-state index is 13.0. The van der Waals surface area contributed by atoms with Crippen molar-refractivity contribution >= 4 is 5.91 Å². The number of rotatable bonds is 10. The molecular formula is C25H31NO4. The van der Waals surface area contributed by atoms with Crippen molar-refractivity contribution in [2.24, 2.45) is 5.92 Å². The van der Waals surface area contributed by atoms with Crippen molar-refractivity contribution in [1.82, 2.24) is 4.90 Å². The Bertz CT molecular complexity index is 812. The van der Waals surface area contributed by atoms with Crippen molar-refractivity contribution in [3.8, 4) is 0 Å². The van der Waals surface area contributed by atoms with E-state index in [9.17, 15) is 4.79 Å². The number of fused-ring (bicyclic) bond motifs is 1. The zero-order valence-corrected chi connectivity index (χ0v) is 17.8. The average Bonchev–Trinajstić information content (AvgIpc) is 3.07. The molecule has 5 heteroatoms. The molecule has 0 N–H and O–H groups in total. The number of benzene rings is 2. The third-order valence-electron chi connectivity index (χ3n) is 6.21. The Morgan fingerprint density at radius 1 is 1.00 bits per heavy atom. The molecule has 2 aliphatic rings. The van der Waals surface area contributed by atoms with Crippen molar-refractivity contribution in [2.75, 3.05) is 13.2 Å². The first-order valence-electron chi connectivity index (χ1n) is 10.9. The molecule has 5 atom stereocenters. The minimum Gasteiger partial charge on any atom is -0.378 e. The second-order valence-electron chi connectivity index (χ2n) is 8.14. The molecule has 1 unspecified atom stereocenters. The van der Waals surface area contributed by atoms with E-state index >= 15 is 0 Å². The van der Waals surface area contributed by atoms with Gasteiger partial charge in [-0.2, -0.15) is 0 Å². The molecule has 2 saturated heterocycles. The summed E-state index contributed by atoms with van der Waals surface area (Å²) in [4.78, 5) is 14.9. The quantitative estimate of drug-likeness (QED) is 0.560. The van der Waals surface area contributed by atoms with Gasteiger partial charge in [0.05, 0.1) is 44.0 Å². The monoisotopic (exact) mass is 409 g/mol. The van der Waals surface area contributed by atoms with Crippen molar-refractivity contribution in [2.45, 2.75) is 57.8 Å². The number of hydrogen-bond acceptors (Lipinski definition) is 4. The molecule has 2 fully saturated rings. The van der Waals surface area contributed by atoms with Crippen LogP contribution in [0.5, 0.6) is 0 Å². The average molecular weight is 410 g/mol. The van der Waals surface area contributed by atoms with Crippen molar-refractivity contribution in [1.29, 1.82) is 0 Å². The van der Waals surface area contributed by atoms with Crippen LogP contribution in [0.15, 0.2) is 60.7 Å². The number of hydrogen-bond donors (Lipinski definition) is 0. The molecule has 2 aromatic rings. The molecule has 2 aromatic carbocycles. The van der Waals surface area contributed by atoms with Crippen LogP contribution in [0.1, 0.15) is 31.4 Å². The van der Waals surface area contributed by atoms with Gasteiger partial charge in [-0.1, -0.05) is 60.7 Å². The first kappa shape index (κ1) is 21.0. The number of carbonyl (C=O) groups is 1. The molecule has 4 rings (SSSR count). The van der Waals surface area contributed by atoms with E-state index in [4.69, 9.17) is 14.2 Å². The molecule has 160 valence electrons. The number of amides is 1. The minimum atomic E-state index is -0.0769. The van der Waals surface area contributed by atoms with Crippen molar-refractivity contribution < 1.29 is 19.0 Å². The predicted molar refractivity (Wildman–Crippen MR) is 115 cm³/mol. The van der Waals surface area contributed by atoms with Crippen LogP contribution in [0.3, 0.4) is 0 Å². The van der Waals surface area contributed by atoms with Crippen LogP contribution in [0.25, 0.3) is 0 Å². The Kier molecular flexibility index (Phi) is 6.82. The summed E-state index contributed by atoms with van der Waals surface area (Å²) >= 11 is 0. The van der Waals surface area contributed by atoms with Crippen LogP contribution in [-0.4, -0.2) is 48.3 Å². The van der Waals surface area contributed by atoms with Gasteiger partial charge in [-0.3, -0.25) is 4.79 Å². The normalized spacial score (nSPS) is 26.3. The Labute approximate surface area is 178 Å². The van der Waals surface area contributed by atoms with Gasteiger partial charge in [0.25, 0.3) is 0 Å². The molecule has 0 radical (unpaired) electrons. The Hall–Kier alpha value is -2.21. The lowest BCUT2D eigenvalue weighted by Gasteiger charge is -2.47. The Morgan fingerprint density at radius 2 is 1.63 bits per heavy atom. The fraction of sp³-hybridized carbons (Fsp3) is 0.480. The summed E-state index contributed by atoms with van der Waals surface area (Å²) in [6.45, 7) is 6.15. The molecule has 5 nitrogen and oxygen atoms in total. The van der Waals surface area contributed by atoms with E-state index in [-0.39, 0.29) is 36.1 Å². The first-order chi connectivity index (χ1) is 14.7. The largest absolute Gasteiger partial charge is 0.378 e. The van der Waals surface area contributed by atoms with E-state index < -0.39 is 0 Å². The number of carbonyl (C=O) groups excluding carboxylic acids is 1. The third kappa shape index (κ3) is 4.43. The van der Waals surface area contributed by atoms with E-state index in [0.29, 0.717) is 26.4 Å². The molecule has 0 spiro atoms. The molecule has 0 aromatic heterocycles. The maximum Gasteiger partial charge on any atom is 0.231 e. The van der Waals surface area contributed by atoms with Gasteiger partial charge in [0.15, 0.2) is 0 Å². The molecule has 1 amide bonds. The highest BCUT2D eigenvalue weighted by atomic mass is 16.5. The second kappa shape index (κ2) is 9.73. The second-order valence-corrected chi connectivity index (χ2v) is 8.14. The predicted octanol–water partition coefficient (Wildman–Crippen LogP) is 3.81. The zero-order valence-electron chi connectivity index (χ0n) is 17.8. The minimum absolute atomic E-state index is 0.0336. The van der Waals surface area contributed by atoms with E-state index in [2.05, 4.69) is 24.3 Å². The summed E-state index contributed by atoms with van der Waals surface area (Å²) in [5.41, 5.74) is 2.27. The van der Waals surface area contributed by atoms with Gasteiger partial charge in [-0.05, 0) is 31.4 Å². The zero-order chi connectivity index (χ0) is 20.9. The fourth-order valence-electron chi connectivity index (χ4n) is 4.73. The molecule has 30 heavy (non-hydrogen) atoms. The van der Waals surface area contributed by atoms with Gasteiger partial charge in [0, 0.05) is 12.6 Å². The third-order valence-corrected chi connectivity index (χ3v) is 6.21. The van der Waals surface area contributed by atoms with Crippen LogP contribution in [0.4, 0.5) is 0 Å². The smallest absolute Gasteiger partial charge is 0.231 e. The number of β-lactam (4-membered cyclic amide) rings is 1. The van der Waals surface area contributed by atoms with E-state index in [0.717, 1.165) is 17.5 Å². The molecule has 2 aliphatic heterocycles. The van der Waals surface area contributed by atoms with Gasteiger partial charge in [-0.25, -0.2) is 0 Å². The van der Waals surface area contributed by atoms with Crippen LogP contribution in [0.2, 0.25) is 0 Å². The van der Waals surface area contributed by atoms with Crippen molar-refractivity contribution in [3.63, 3.8) is 0 Å². The molecule has 2 heterocycles. The standard InChI is InChI=1S/C25H31NO4/c1-3-29-18(2)24-21-14-23(30-16-20-12-8-5-9-13-20)22(26(21)25(24)27)17-28-15-19-10-6-4-7-11-19/h4-13,18,21-24H,3,14-17H2,1-2H3/t18?,21-,22+,23+,24+/m1/s1. The van der Waals surface area contributed by atoms with Gasteiger partial charge in [0.2, 0.25) is 5.91 Å². The Balaban J connectivity index is 1.41. The number of nitrogens with zero attached hydrogens (tertiary/aromatic N) is 1. The van der Waals surface area contributed by atoms with Crippen LogP contribution in [0, 0.1) is 5.92 Å². The highest BCUT2D eigenvalue weighted by Crippen LogP contribution is 2.43. The molecule has 0 bridgehead atoms. The van der Waals surface area contributed by atoms with Crippen molar-refractivity contribution in [3.05, 3.63) is 71.8 Å². The van der Waals surface area contributed by atoms with Crippen LogP contribution >= 0.6 is 0 Å². The SMILES string of the molecule is CCOC(C)[C@@H]1C(=O)N2[C@@H]1C[C@H](OCc1ccccc1)[C@@H]2COCc1ccccc1. The van der Waals surface area contributed by atoms with Crippen LogP contribution < -0.4 is 0 Å².